The summed E-state index contributed by atoms with van der Waals surface area (Å²) in [5.74, 6) is 0.227. The van der Waals surface area contributed by atoms with Crippen molar-refractivity contribution in [2.75, 3.05) is 0 Å². The molecule has 1 amide bonds. The first-order chi connectivity index (χ1) is 8.86. The Kier molecular flexibility index (Phi) is 4.48. The van der Waals surface area contributed by atoms with E-state index in [1.54, 1.807) is 7.05 Å². The lowest BCUT2D eigenvalue weighted by Crippen LogP contribution is -2.41. The van der Waals surface area contributed by atoms with Gasteiger partial charge in [0.2, 0.25) is 0 Å². The zero-order valence-corrected chi connectivity index (χ0v) is 10.6. The lowest BCUT2D eigenvalue weighted by Gasteiger charge is -2.11. The maximum Gasteiger partial charge on any atom is 0.327 e. The molecule has 0 aliphatic carbocycles. The maximum absolute atomic E-state index is 11.9. The molecule has 19 heavy (non-hydrogen) atoms. The number of aliphatic carboxylic acids is 1. The Balaban J connectivity index is 2.92. The molecule has 1 rings (SSSR count). The van der Waals surface area contributed by atoms with Crippen LogP contribution in [-0.2, 0) is 11.8 Å². The molecule has 0 spiro atoms. The molecule has 0 aromatic carbocycles. The number of carboxylic acids is 1. The molecule has 1 unspecified atom stereocenters. The van der Waals surface area contributed by atoms with Crippen molar-refractivity contribution in [3.05, 3.63) is 23.5 Å². The number of carboxylic acid groups (broad SMARTS) is 1. The number of Topliss-reactive ketones (excluding diaryl/α,β-unsaturated/α-hetero) is 1. The monoisotopic (exact) mass is 262 g/mol. The number of amides is 1. The highest BCUT2D eigenvalue weighted by Gasteiger charge is 2.21. The molecular weight excluding hydrogens is 248 g/mol. The maximum atomic E-state index is 11.9. The van der Waals surface area contributed by atoms with Crippen LogP contribution in [0.4, 0.5) is 0 Å². The van der Waals surface area contributed by atoms with E-state index in [0.29, 0.717) is 5.56 Å². The molecule has 0 fully saturated rings. The fraction of sp³-hybridized carbons (Fsp3) is 0.308. The topological polar surface area (TPSA) is 88.4 Å². The van der Waals surface area contributed by atoms with E-state index in [9.17, 15) is 14.4 Å². The van der Waals surface area contributed by atoms with E-state index in [2.05, 4.69) is 11.2 Å². The van der Waals surface area contributed by atoms with Crippen LogP contribution in [-0.4, -0.2) is 33.4 Å². The van der Waals surface area contributed by atoms with Crippen molar-refractivity contribution in [2.24, 2.45) is 7.05 Å². The van der Waals surface area contributed by atoms with Crippen LogP contribution in [0.3, 0.4) is 0 Å². The smallest absolute Gasteiger partial charge is 0.327 e. The molecule has 2 N–H and O–H groups in total. The van der Waals surface area contributed by atoms with Crippen molar-refractivity contribution in [3.8, 4) is 12.3 Å². The fourth-order valence-electron chi connectivity index (χ4n) is 1.53. The van der Waals surface area contributed by atoms with E-state index in [0.717, 1.165) is 0 Å². The summed E-state index contributed by atoms with van der Waals surface area (Å²) >= 11 is 0. The molecule has 6 nitrogen and oxygen atoms in total. The molecule has 6 heteroatoms. The lowest BCUT2D eigenvalue weighted by atomic mass is 10.2. The molecule has 0 saturated heterocycles. The molecule has 0 aliphatic heterocycles. The van der Waals surface area contributed by atoms with Crippen molar-refractivity contribution in [2.45, 2.75) is 19.4 Å². The molecule has 1 heterocycles. The number of carbonyl (C=O) groups excluding carboxylic acids is 2. The fourth-order valence-corrected chi connectivity index (χ4v) is 1.53. The van der Waals surface area contributed by atoms with Gasteiger partial charge in [0.15, 0.2) is 5.78 Å². The van der Waals surface area contributed by atoms with Gasteiger partial charge >= 0.3 is 5.97 Å². The Labute approximate surface area is 110 Å². The number of nitrogens with zero attached hydrogens (tertiary/aromatic N) is 1. The Bertz CT molecular complexity index is 566. The van der Waals surface area contributed by atoms with Gasteiger partial charge in [-0.15, -0.1) is 12.3 Å². The average Bonchev–Trinajstić information content (AvgIpc) is 2.70. The molecule has 1 atom stereocenters. The van der Waals surface area contributed by atoms with Gasteiger partial charge in [-0.2, -0.15) is 0 Å². The Morgan fingerprint density at radius 1 is 1.53 bits per heavy atom. The number of terminal acetylenes is 1. The third-order valence-electron chi connectivity index (χ3n) is 2.57. The van der Waals surface area contributed by atoms with Gasteiger partial charge in [0.1, 0.15) is 11.7 Å². The average molecular weight is 262 g/mol. The number of nitrogens with one attached hydrogen (secondary N) is 1. The zero-order valence-electron chi connectivity index (χ0n) is 10.6. The highest BCUT2D eigenvalue weighted by atomic mass is 16.4. The van der Waals surface area contributed by atoms with E-state index in [1.807, 2.05) is 0 Å². The van der Waals surface area contributed by atoms with Gasteiger partial charge in [-0.1, -0.05) is 0 Å². The molecule has 1 aromatic rings. The van der Waals surface area contributed by atoms with Gasteiger partial charge in [-0.25, -0.2) is 4.79 Å². The first-order valence-corrected chi connectivity index (χ1v) is 5.51. The van der Waals surface area contributed by atoms with Gasteiger partial charge < -0.3 is 15.0 Å². The number of carbonyl (C=O) groups is 3. The SMILES string of the molecule is C#CCC(NC(=O)c1cc(C(C)=O)cn1C)C(=O)O. The predicted molar refractivity (Wildman–Crippen MR) is 67.8 cm³/mol. The van der Waals surface area contributed by atoms with Crippen molar-refractivity contribution in [1.29, 1.82) is 0 Å². The second-order valence-electron chi connectivity index (χ2n) is 4.05. The van der Waals surface area contributed by atoms with E-state index in [-0.39, 0.29) is 17.9 Å². The summed E-state index contributed by atoms with van der Waals surface area (Å²) in [6, 6.07) is 0.264. The summed E-state index contributed by atoms with van der Waals surface area (Å²) in [6.45, 7) is 1.38. The summed E-state index contributed by atoms with van der Waals surface area (Å²) in [6.07, 6.45) is 6.44. The minimum Gasteiger partial charge on any atom is -0.480 e. The summed E-state index contributed by atoms with van der Waals surface area (Å²) in [5.41, 5.74) is 0.588. The second kappa shape index (κ2) is 5.87. The van der Waals surface area contributed by atoms with E-state index in [1.165, 1.54) is 23.8 Å². The first kappa shape index (κ1) is 14.5. The van der Waals surface area contributed by atoms with Crippen molar-refractivity contribution in [1.82, 2.24) is 9.88 Å². The largest absolute Gasteiger partial charge is 0.480 e. The van der Waals surface area contributed by atoms with E-state index >= 15 is 0 Å². The van der Waals surface area contributed by atoms with E-state index < -0.39 is 17.9 Å². The summed E-state index contributed by atoms with van der Waals surface area (Å²) < 4.78 is 1.46. The number of aryl methyl sites for hydroxylation is 1. The van der Waals surface area contributed by atoms with Crippen LogP contribution in [0.2, 0.25) is 0 Å². The van der Waals surface area contributed by atoms with Gasteiger partial charge in [0.05, 0.1) is 0 Å². The summed E-state index contributed by atoms with van der Waals surface area (Å²) in [4.78, 5) is 34.0. The Hall–Kier alpha value is -2.55. The Morgan fingerprint density at radius 3 is 2.58 bits per heavy atom. The van der Waals surface area contributed by atoms with Gasteiger partial charge in [0, 0.05) is 25.2 Å². The van der Waals surface area contributed by atoms with Gasteiger partial charge in [-0.05, 0) is 13.0 Å². The third kappa shape index (κ3) is 3.45. The van der Waals surface area contributed by atoms with Crippen LogP contribution in [0.15, 0.2) is 12.3 Å². The number of hydrogen-bond donors (Lipinski definition) is 2. The van der Waals surface area contributed by atoms with Gasteiger partial charge in [0.25, 0.3) is 5.91 Å². The normalized spacial score (nSPS) is 11.4. The van der Waals surface area contributed by atoms with Crippen LogP contribution >= 0.6 is 0 Å². The minimum absolute atomic E-state index is 0.106. The summed E-state index contributed by atoms with van der Waals surface area (Å²) in [5, 5.41) is 11.2. The molecule has 1 aromatic heterocycles. The second-order valence-corrected chi connectivity index (χ2v) is 4.05. The molecule has 0 saturated carbocycles. The number of ketones is 1. The van der Waals surface area contributed by atoms with Gasteiger partial charge in [-0.3, -0.25) is 9.59 Å². The number of rotatable bonds is 5. The van der Waals surface area contributed by atoms with Crippen LogP contribution < -0.4 is 5.32 Å². The molecule has 0 aliphatic rings. The predicted octanol–water partition coefficient (Wildman–Crippen LogP) is 0.434. The molecule has 0 bridgehead atoms. The van der Waals surface area contributed by atoms with Crippen LogP contribution in [0.25, 0.3) is 0 Å². The quantitative estimate of drug-likeness (QED) is 0.595. The highest BCUT2D eigenvalue weighted by Crippen LogP contribution is 2.08. The molecule has 100 valence electrons. The van der Waals surface area contributed by atoms with Crippen LogP contribution in [0, 0.1) is 12.3 Å². The van der Waals surface area contributed by atoms with Crippen molar-refractivity contribution >= 4 is 17.7 Å². The molecule has 0 radical (unpaired) electrons. The molecular formula is C13H14N2O4. The number of aromatic nitrogens is 1. The van der Waals surface area contributed by atoms with Crippen molar-refractivity contribution in [3.63, 3.8) is 0 Å². The van der Waals surface area contributed by atoms with Crippen LogP contribution in [0.1, 0.15) is 34.2 Å². The Morgan fingerprint density at radius 2 is 2.16 bits per heavy atom. The standard InChI is InChI=1S/C13H14N2O4/c1-4-5-10(13(18)19)14-12(17)11-6-9(8(2)16)7-15(11)3/h1,6-7,10H,5H2,2-3H3,(H,14,17)(H,18,19). The first-order valence-electron chi connectivity index (χ1n) is 5.51. The lowest BCUT2D eigenvalue weighted by molar-refractivity contribution is -0.139. The number of hydrogen-bond acceptors (Lipinski definition) is 3. The summed E-state index contributed by atoms with van der Waals surface area (Å²) in [7, 11) is 1.60. The highest BCUT2D eigenvalue weighted by molar-refractivity contribution is 6.00. The van der Waals surface area contributed by atoms with Crippen molar-refractivity contribution < 1.29 is 19.5 Å². The minimum atomic E-state index is -1.20. The third-order valence-corrected chi connectivity index (χ3v) is 2.57. The van der Waals surface area contributed by atoms with E-state index in [4.69, 9.17) is 11.5 Å². The zero-order chi connectivity index (χ0) is 14.6. The van der Waals surface area contributed by atoms with Crippen LogP contribution in [0.5, 0.6) is 0 Å².